The van der Waals surface area contributed by atoms with E-state index in [4.69, 9.17) is 9.47 Å². The molecule has 5 nitrogen and oxygen atoms in total. The summed E-state index contributed by atoms with van der Waals surface area (Å²) in [5, 5.41) is 4.42. The number of benzene rings is 2. The molecule has 0 saturated heterocycles. The number of ether oxygens (including phenoxy) is 2. The van der Waals surface area contributed by atoms with Crippen LogP contribution in [0, 0.1) is 11.6 Å². The number of para-hydroxylation sites is 2. The molecule has 2 heterocycles. The molecule has 4 rings (SSSR count). The Labute approximate surface area is 151 Å². The van der Waals surface area contributed by atoms with Gasteiger partial charge >= 0.3 is 0 Å². The maximum Gasteiger partial charge on any atom is 0.270 e. The summed E-state index contributed by atoms with van der Waals surface area (Å²) in [7, 11) is 0. The molecular formula is C18H12F2N2O3S. The lowest BCUT2D eigenvalue weighted by Crippen LogP contribution is -2.40. The Bertz CT molecular complexity index is 977. The van der Waals surface area contributed by atoms with Gasteiger partial charge in [-0.15, -0.1) is 11.3 Å². The fourth-order valence-electron chi connectivity index (χ4n) is 2.48. The standard InChI is InChI=1S/C18H12F2N2O3S/c19-10-5-6-12(20)11(7-10)13-9-26-18(21-13)22-17(23)16-8-24-14-3-1-2-4-15(14)25-16/h1-7,9,16H,8H2,(H,21,22,23)/t16-/m1/s1. The van der Waals surface area contributed by atoms with Crippen molar-refractivity contribution in [2.45, 2.75) is 6.10 Å². The number of anilines is 1. The molecule has 1 N–H and O–H groups in total. The minimum absolute atomic E-state index is 0.0351. The van der Waals surface area contributed by atoms with Gasteiger partial charge in [0.2, 0.25) is 6.10 Å². The fourth-order valence-corrected chi connectivity index (χ4v) is 3.20. The number of carbonyl (C=O) groups is 1. The maximum absolute atomic E-state index is 13.8. The molecule has 0 radical (unpaired) electrons. The van der Waals surface area contributed by atoms with Crippen molar-refractivity contribution >= 4 is 22.4 Å². The van der Waals surface area contributed by atoms with E-state index in [0.29, 0.717) is 11.5 Å². The molecule has 2 aromatic carbocycles. The molecule has 26 heavy (non-hydrogen) atoms. The van der Waals surface area contributed by atoms with Crippen molar-refractivity contribution in [2.24, 2.45) is 0 Å². The number of rotatable bonds is 3. The van der Waals surface area contributed by atoms with E-state index in [0.717, 1.165) is 29.5 Å². The number of thiazole rings is 1. The minimum atomic E-state index is -0.830. The minimum Gasteiger partial charge on any atom is -0.485 e. The lowest BCUT2D eigenvalue weighted by molar-refractivity contribution is -0.125. The van der Waals surface area contributed by atoms with Crippen LogP contribution in [-0.2, 0) is 4.79 Å². The molecule has 0 fully saturated rings. The van der Waals surface area contributed by atoms with Crippen molar-refractivity contribution in [3.8, 4) is 22.8 Å². The van der Waals surface area contributed by atoms with Gasteiger partial charge in [-0.1, -0.05) is 12.1 Å². The van der Waals surface area contributed by atoms with Crippen molar-refractivity contribution in [2.75, 3.05) is 11.9 Å². The number of amides is 1. The maximum atomic E-state index is 13.8. The average molecular weight is 374 g/mol. The van der Waals surface area contributed by atoms with Gasteiger partial charge in [0.1, 0.15) is 18.2 Å². The van der Waals surface area contributed by atoms with Crippen molar-refractivity contribution in [3.63, 3.8) is 0 Å². The highest BCUT2D eigenvalue weighted by atomic mass is 32.1. The van der Waals surface area contributed by atoms with Crippen LogP contribution in [0.2, 0.25) is 0 Å². The molecule has 0 spiro atoms. The van der Waals surface area contributed by atoms with E-state index in [9.17, 15) is 13.6 Å². The average Bonchev–Trinajstić information content (AvgIpc) is 3.11. The number of hydrogen-bond donors (Lipinski definition) is 1. The Kier molecular flexibility index (Phi) is 4.26. The largest absolute Gasteiger partial charge is 0.485 e. The molecule has 1 amide bonds. The van der Waals surface area contributed by atoms with Crippen molar-refractivity contribution < 1.29 is 23.0 Å². The molecule has 132 valence electrons. The van der Waals surface area contributed by atoms with E-state index >= 15 is 0 Å². The number of halogens is 2. The Morgan fingerprint density at radius 1 is 1.19 bits per heavy atom. The molecule has 0 aliphatic carbocycles. The van der Waals surface area contributed by atoms with Crippen LogP contribution in [0.15, 0.2) is 47.8 Å². The van der Waals surface area contributed by atoms with Gasteiger partial charge in [0.25, 0.3) is 5.91 Å². The van der Waals surface area contributed by atoms with Crippen molar-refractivity contribution in [1.82, 2.24) is 4.98 Å². The highest BCUT2D eigenvalue weighted by molar-refractivity contribution is 7.14. The molecule has 1 atom stereocenters. The first-order valence-electron chi connectivity index (χ1n) is 7.70. The van der Waals surface area contributed by atoms with E-state index in [2.05, 4.69) is 10.3 Å². The zero-order valence-electron chi connectivity index (χ0n) is 13.2. The molecule has 0 unspecified atom stereocenters. The monoisotopic (exact) mass is 374 g/mol. The number of nitrogens with zero attached hydrogens (tertiary/aromatic N) is 1. The van der Waals surface area contributed by atoms with Crippen LogP contribution in [-0.4, -0.2) is 23.6 Å². The van der Waals surface area contributed by atoms with Crippen molar-refractivity contribution in [3.05, 3.63) is 59.5 Å². The first kappa shape index (κ1) is 16.5. The van der Waals surface area contributed by atoms with E-state index in [-0.39, 0.29) is 23.0 Å². The predicted molar refractivity (Wildman–Crippen MR) is 92.4 cm³/mol. The van der Waals surface area contributed by atoms with Gasteiger partial charge in [0, 0.05) is 10.9 Å². The number of fused-ring (bicyclic) bond motifs is 1. The summed E-state index contributed by atoms with van der Waals surface area (Å²) >= 11 is 1.11. The highest BCUT2D eigenvalue weighted by Crippen LogP contribution is 2.32. The Morgan fingerprint density at radius 3 is 2.85 bits per heavy atom. The number of carbonyl (C=O) groups excluding carboxylic acids is 1. The summed E-state index contributed by atoms with van der Waals surface area (Å²) in [6, 6.07) is 10.2. The lowest BCUT2D eigenvalue weighted by atomic mass is 10.1. The second kappa shape index (κ2) is 6.72. The van der Waals surface area contributed by atoms with Crippen molar-refractivity contribution in [1.29, 1.82) is 0 Å². The summed E-state index contributed by atoms with van der Waals surface area (Å²) in [4.78, 5) is 16.5. The van der Waals surface area contributed by atoms with Gasteiger partial charge in [0.15, 0.2) is 16.6 Å². The van der Waals surface area contributed by atoms with Gasteiger partial charge in [-0.05, 0) is 30.3 Å². The first-order valence-corrected chi connectivity index (χ1v) is 8.58. The van der Waals surface area contributed by atoms with E-state index in [1.807, 2.05) is 6.07 Å². The number of aromatic nitrogens is 1. The molecule has 8 heteroatoms. The molecule has 1 aliphatic heterocycles. The van der Waals surface area contributed by atoms with Crippen LogP contribution >= 0.6 is 11.3 Å². The first-order chi connectivity index (χ1) is 12.6. The van der Waals surface area contributed by atoms with Gasteiger partial charge in [-0.3, -0.25) is 10.1 Å². The van der Waals surface area contributed by atoms with Crippen LogP contribution in [0.1, 0.15) is 0 Å². The summed E-state index contributed by atoms with van der Waals surface area (Å²) in [6.45, 7) is 0.0691. The zero-order chi connectivity index (χ0) is 18.1. The quantitative estimate of drug-likeness (QED) is 0.756. The molecule has 3 aromatic rings. The molecule has 1 aliphatic rings. The smallest absolute Gasteiger partial charge is 0.270 e. The third-order valence-electron chi connectivity index (χ3n) is 3.74. The Balaban J connectivity index is 1.48. The van der Waals surface area contributed by atoms with Crippen LogP contribution in [0.4, 0.5) is 13.9 Å². The van der Waals surface area contributed by atoms with E-state index < -0.39 is 23.6 Å². The fraction of sp³-hybridized carbons (Fsp3) is 0.111. The highest BCUT2D eigenvalue weighted by Gasteiger charge is 2.28. The normalized spacial score (nSPS) is 15.5. The van der Waals surface area contributed by atoms with E-state index in [1.54, 1.807) is 23.6 Å². The topological polar surface area (TPSA) is 60.5 Å². The third kappa shape index (κ3) is 3.23. The van der Waals surface area contributed by atoms with Crippen LogP contribution in [0.5, 0.6) is 11.5 Å². The van der Waals surface area contributed by atoms with E-state index in [1.165, 1.54) is 0 Å². The van der Waals surface area contributed by atoms with Gasteiger partial charge in [-0.25, -0.2) is 13.8 Å². The van der Waals surface area contributed by atoms with Gasteiger partial charge in [-0.2, -0.15) is 0 Å². The van der Waals surface area contributed by atoms with Crippen LogP contribution in [0.25, 0.3) is 11.3 Å². The molecular weight excluding hydrogens is 362 g/mol. The third-order valence-corrected chi connectivity index (χ3v) is 4.50. The summed E-state index contributed by atoms with van der Waals surface area (Å²) in [5.41, 5.74) is 0.279. The summed E-state index contributed by atoms with van der Waals surface area (Å²) in [6.07, 6.45) is -0.830. The summed E-state index contributed by atoms with van der Waals surface area (Å²) < 4.78 is 38.3. The number of nitrogens with one attached hydrogen (secondary N) is 1. The van der Waals surface area contributed by atoms with Gasteiger partial charge in [0.05, 0.1) is 5.69 Å². The molecule has 0 bridgehead atoms. The lowest BCUT2D eigenvalue weighted by Gasteiger charge is -2.25. The second-order valence-corrected chi connectivity index (χ2v) is 6.37. The zero-order valence-corrected chi connectivity index (χ0v) is 14.1. The summed E-state index contributed by atoms with van der Waals surface area (Å²) in [5.74, 6) is -0.517. The van der Waals surface area contributed by atoms with Crippen LogP contribution in [0.3, 0.4) is 0 Å². The molecule has 1 aromatic heterocycles. The second-order valence-electron chi connectivity index (χ2n) is 5.52. The number of hydrogen-bond acceptors (Lipinski definition) is 5. The molecule has 0 saturated carbocycles. The van der Waals surface area contributed by atoms with Gasteiger partial charge < -0.3 is 9.47 Å². The Hall–Kier alpha value is -3.00. The van der Waals surface area contributed by atoms with Crippen LogP contribution < -0.4 is 14.8 Å². The Morgan fingerprint density at radius 2 is 2.00 bits per heavy atom. The SMILES string of the molecule is O=C(Nc1nc(-c2cc(F)ccc2F)cs1)[C@H]1COc2ccccc2O1. The predicted octanol–water partition coefficient (Wildman–Crippen LogP) is 3.87.